The Labute approximate surface area is 88.0 Å². The molecule has 0 saturated heterocycles. The van der Waals surface area contributed by atoms with Crippen LogP contribution in [0.5, 0.6) is 0 Å². The lowest BCUT2D eigenvalue weighted by Crippen LogP contribution is -2.25. The monoisotopic (exact) mass is 222 g/mol. The molecule has 0 fully saturated rings. The molecule has 0 aliphatic carbocycles. The number of ether oxygens (including phenoxy) is 1. The van der Waals surface area contributed by atoms with Crippen LogP contribution in [0.4, 0.5) is 0 Å². The normalized spacial score (nSPS) is 9.20. The first-order chi connectivity index (χ1) is 6.97. The van der Waals surface area contributed by atoms with Crippen LogP contribution in [0, 0.1) is 0 Å². The second-order valence-electron chi connectivity index (χ2n) is 2.52. The fourth-order valence-electron chi connectivity index (χ4n) is 0.468. The average molecular weight is 222 g/mol. The van der Waals surface area contributed by atoms with Crippen LogP contribution in [0.3, 0.4) is 0 Å². The smallest absolute Gasteiger partial charge is 0.327 e. The topological polar surface area (TPSA) is 136 Å². The quantitative estimate of drug-likeness (QED) is 0.247. The lowest BCUT2D eigenvalue weighted by molar-refractivity contribution is -0.157. The van der Waals surface area contributed by atoms with Gasteiger partial charge in [0.25, 0.3) is 0 Å². The molecule has 6 N–H and O–H groups in total. The van der Waals surface area contributed by atoms with E-state index in [9.17, 15) is 9.59 Å². The van der Waals surface area contributed by atoms with E-state index in [0.717, 1.165) is 6.42 Å². The Morgan fingerprint density at radius 1 is 1.20 bits per heavy atom. The zero-order valence-corrected chi connectivity index (χ0v) is 8.68. The van der Waals surface area contributed by atoms with E-state index in [1.807, 2.05) is 6.92 Å². The van der Waals surface area contributed by atoms with Crippen LogP contribution >= 0.6 is 0 Å². The van der Waals surface area contributed by atoms with Gasteiger partial charge in [-0.3, -0.25) is 9.59 Å². The molecule has 0 aliphatic rings. The van der Waals surface area contributed by atoms with Crippen molar-refractivity contribution in [3.8, 4) is 0 Å². The van der Waals surface area contributed by atoms with Crippen molar-refractivity contribution in [2.24, 2.45) is 11.5 Å². The number of hydrogen-bond acceptors (Lipinski definition) is 7. The maximum absolute atomic E-state index is 10.2. The van der Waals surface area contributed by atoms with E-state index in [2.05, 4.69) is 4.74 Å². The van der Waals surface area contributed by atoms with Crippen LogP contribution in [0.25, 0.3) is 0 Å². The number of rotatable bonds is 4. The van der Waals surface area contributed by atoms with Crippen LogP contribution in [0.1, 0.15) is 19.8 Å². The standard InChI is InChI=1S/C4H8N2O3.C4H10O2/c5-1-3(7)9-4(8)2-6;1-2-3-4(5)6/h1-2,5-6H2;4-6H,2-3H2,1H3. The van der Waals surface area contributed by atoms with Gasteiger partial charge in [0.2, 0.25) is 0 Å². The third kappa shape index (κ3) is 15.7. The van der Waals surface area contributed by atoms with Crippen LogP contribution in [0.15, 0.2) is 0 Å². The summed E-state index contributed by atoms with van der Waals surface area (Å²) in [5.41, 5.74) is 9.61. The molecule has 0 aromatic rings. The Balaban J connectivity index is 0. The molecule has 0 amide bonds. The van der Waals surface area contributed by atoms with Gasteiger partial charge in [0.1, 0.15) is 0 Å². The second-order valence-corrected chi connectivity index (χ2v) is 2.52. The molecule has 0 atom stereocenters. The fourth-order valence-corrected chi connectivity index (χ4v) is 0.468. The molecule has 7 heteroatoms. The van der Waals surface area contributed by atoms with Crippen molar-refractivity contribution < 1.29 is 24.5 Å². The molecule has 0 spiro atoms. The van der Waals surface area contributed by atoms with E-state index in [-0.39, 0.29) is 13.1 Å². The molecule has 0 heterocycles. The predicted molar refractivity (Wildman–Crippen MR) is 52.3 cm³/mol. The van der Waals surface area contributed by atoms with Gasteiger partial charge in [-0.15, -0.1) is 0 Å². The van der Waals surface area contributed by atoms with E-state index in [4.69, 9.17) is 21.7 Å². The third-order valence-electron chi connectivity index (χ3n) is 1.11. The number of carbonyl (C=O) groups is 2. The average Bonchev–Trinajstić information content (AvgIpc) is 2.18. The van der Waals surface area contributed by atoms with Crippen molar-refractivity contribution in [1.29, 1.82) is 0 Å². The Morgan fingerprint density at radius 3 is 1.73 bits per heavy atom. The predicted octanol–water partition coefficient (Wildman–Crippen LogP) is -1.93. The highest BCUT2D eigenvalue weighted by Crippen LogP contribution is 1.88. The number of aliphatic hydroxyl groups excluding tert-OH is 1. The minimum absolute atomic E-state index is 0.300. The molecule has 7 nitrogen and oxygen atoms in total. The summed E-state index contributed by atoms with van der Waals surface area (Å²) in [4.78, 5) is 20.3. The number of nitrogens with two attached hydrogens (primary N) is 2. The zero-order valence-electron chi connectivity index (χ0n) is 8.68. The van der Waals surface area contributed by atoms with Gasteiger partial charge in [0.05, 0.1) is 13.1 Å². The fraction of sp³-hybridized carbons (Fsp3) is 0.750. The highest BCUT2D eigenvalue weighted by atomic mass is 16.6. The molecule has 0 rings (SSSR count). The van der Waals surface area contributed by atoms with Crippen molar-refractivity contribution in [1.82, 2.24) is 0 Å². The van der Waals surface area contributed by atoms with Gasteiger partial charge in [-0.2, -0.15) is 0 Å². The zero-order chi connectivity index (χ0) is 12.3. The van der Waals surface area contributed by atoms with Crippen LogP contribution < -0.4 is 11.5 Å². The molecular weight excluding hydrogens is 204 g/mol. The summed E-state index contributed by atoms with van der Waals surface area (Å²) < 4.78 is 4.02. The van der Waals surface area contributed by atoms with Gasteiger partial charge < -0.3 is 26.4 Å². The summed E-state index contributed by atoms with van der Waals surface area (Å²) >= 11 is 0. The van der Waals surface area contributed by atoms with E-state index in [0.29, 0.717) is 6.42 Å². The molecular formula is C8H18N2O5. The van der Waals surface area contributed by atoms with Crippen molar-refractivity contribution in [3.05, 3.63) is 0 Å². The summed E-state index contributed by atoms with van der Waals surface area (Å²) in [6.45, 7) is 1.30. The van der Waals surface area contributed by atoms with Gasteiger partial charge in [-0.1, -0.05) is 13.3 Å². The Morgan fingerprint density at radius 2 is 1.60 bits per heavy atom. The number of esters is 2. The molecule has 0 radical (unpaired) electrons. The molecule has 0 aliphatic heterocycles. The van der Waals surface area contributed by atoms with Crippen LogP contribution in [0.2, 0.25) is 0 Å². The highest BCUT2D eigenvalue weighted by molar-refractivity contribution is 5.87. The molecule has 90 valence electrons. The van der Waals surface area contributed by atoms with Gasteiger partial charge in [0, 0.05) is 0 Å². The van der Waals surface area contributed by atoms with Crippen LogP contribution in [-0.2, 0) is 14.3 Å². The molecule has 0 aromatic heterocycles. The molecule has 0 aromatic carbocycles. The Kier molecular flexibility index (Phi) is 12.1. The van der Waals surface area contributed by atoms with Crippen LogP contribution in [-0.4, -0.2) is 41.5 Å². The van der Waals surface area contributed by atoms with Gasteiger partial charge in [-0.25, -0.2) is 0 Å². The van der Waals surface area contributed by atoms with E-state index < -0.39 is 18.2 Å². The summed E-state index contributed by atoms with van der Waals surface area (Å²) in [6.07, 6.45) is 0.215. The summed E-state index contributed by atoms with van der Waals surface area (Å²) in [5.74, 6) is -1.52. The van der Waals surface area contributed by atoms with E-state index in [1.165, 1.54) is 0 Å². The van der Waals surface area contributed by atoms with Gasteiger partial charge >= 0.3 is 11.9 Å². The number of aliphatic hydroxyl groups is 2. The maximum Gasteiger partial charge on any atom is 0.327 e. The minimum atomic E-state index is -1.10. The lowest BCUT2D eigenvalue weighted by atomic mass is 10.3. The first-order valence-electron chi connectivity index (χ1n) is 4.47. The second kappa shape index (κ2) is 11.1. The summed E-state index contributed by atoms with van der Waals surface area (Å²) in [5, 5.41) is 16.2. The lowest BCUT2D eigenvalue weighted by Gasteiger charge is -1.95. The highest BCUT2D eigenvalue weighted by Gasteiger charge is 2.04. The number of carbonyl (C=O) groups excluding carboxylic acids is 2. The summed E-state index contributed by atoms with van der Waals surface area (Å²) in [6, 6.07) is 0. The molecule has 0 bridgehead atoms. The van der Waals surface area contributed by atoms with Crippen molar-refractivity contribution >= 4 is 11.9 Å². The van der Waals surface area contributed by atoms with Crippen molar-refractivity contribution in [2.45, 2.75) is 26.1 Å². The Bertz CT molecular complexity index is 170. The van der Waals surface area contributed by atoms with E-state index in [1.54, 1.807) is 0 Å². The first-order valence-corrected chi connectivity index (χ1v) is 4.47. The third-order valence-corrected chi connectivity index (χ3v) is 1.11. The van der Waals surface area contributed by atoms with Crippen molar-refractivity contribution in [2.75, 3.05) is 13.1 Å². The van der Waals surface area contributed by atoms with Gasteiger partial charge in [-0.05, 0) is 6.42 Å². The van der Waals surface area contributed by atoms with Crippen molar-refractivity contribution in [3.63, 3.8) is 0 Å². The molecule has 0 unspecified atom stereocenters. The van der Waals surface area contributed by atoms with E-state index >= 15 is 0 Å². The minimum Gasteiger partial charge on any atom is -0.391 e. The first kappa shape index (κ1) is 16.4. The SMILES string of the molecule is CCCC(O)O.NCC(=O)OC(=O)CN. The molecule has 15 heavy (non-hydrogen) atoms. The maximum atomic E-state index is 10.2. The largest absolute Gasteiger partial charge is 0.391 e. The molecule has 0 saturated carbocycles. The Hall–Kier alpha value is -1.02. The summed E-state index contributed by atoms with van der Waals surface area (Å²) in [7, 11) is 0. The number of hydrogen-bond donors (Lipinski definition) is 4. The van der Waals surface area contributed by atoms with Gasteiger partial charge in [0.15, 0.2) is 6.29 Å².